The van der Waals surface area contributed by atoms with Gasteiger partial charge in [-0.3, -0.25) is 19.4 Å². The van der Waals surface area contributed by atoms with Crippen molar-refractivity contribution in [3.05, 3.63) is 84.1 Å². The normalized spacial score (nSPS) is 18.3. The largest absolute Gasteiger partial charge is 0.361 e. The lowest BCUT2D eigenvalue weighted by atomic mass is 9.74. The maximum absolute atomic E-state index is 14.2. The summed E-state index contributed by atoms with van der Waals surface area (Å²) in [5.41, 5.74) is 10.7. The van der Waals surface area contributed by atoms with Gasteiger partial charge in [-0.1, -0.05) is 54.6 Å². The molecule has 9 nitrogen and oxygen atoms in total. The molecule has 1 aromatic heterocycles. The highest BCUT2D eigenvalue weighted by Crippen LogP contribution is 2.36. The number of rotatable bonds is 11. The molecule has 3 amide bonds. The van der Waals surface area contributed by atoms with E-state index in [4.69, 9.17) is 5.73 Å². The minimum Gasteiger partial charge on any atom is -0.361 e. The molecule has 1 unspecified atom stereocenters. The van der Waals surface area contributed by atoms with Crippen molar-refractivity contribution in [1.29, 1.82) is 0 Å². The highest BCUT2D eigenvalue weighted by Gasteiger charge is 2.46. The van der Waals surface area contributed by atoms with Crippen molar-refractivity contribution in [2.45, 2.75) is 57.5 Å². The van der Waals surface area contributed by atoms with Crippen molar-refractivity contribution in [1.82, 2.24) is 25.6 Å². The molecule has 42 heavy (non-hydrogen) atoms. The number of aromatic nitrogens is 1. The quantitative estimate of drug-likeness (QED) is 0.207. The third-order valence-electron chi connectivity index (χ3n) is 7.99. The number of piperidine rings is 1. The Balaban J connectivity index is 1.62. The first-order valence-corrected chi connectivity index (χ1v) is 14.6. The molecule has 2 atom stereocenters. The number of nitrogens with zero attached hydrogens (tertiary/aromatic N) is 2. The number of fused-ring (bicyclic) bond motifs is 1. The zero-order valence-corrected chi connectivity index (χ0v) is 25.2. The Labute approximate surface area is 248 Å². The maximum atomic E-state index is 14.2. The topological polar surface area (TPSA) is 124 Å². The van der Waals surface area contributed by atoms with Crippen LogP contribution in [0.15, 0.2) is 72.9 Å². The molecule has 1 fully saturated rings. The van der Waals surface area contributed by atoms with Crippen LogP contribution >= 0.6 is 0 Å². The van der Waals surface area contributed by atoms with Crippen LogP contribution in [0.5, 0.6) is 0 Å². The highest BCUT2D eigenvalue weighted by atomic mass is 16.2. The number of nitrogens with one attached hydrogen (secondary N) is 3. The van der Waals surface area contributed by atoms with Gasteiger partial charge >= 0.3 is 0 Å². The first-order valence-electron chi connectivity index (χ1n) is 14.6. The summed E-state index contributed by atoms with van der Waals surface area (Å²) in [6, 6.07) is 17.0. The Hall–Kier alpha value is -3.95. The zero-order valence-electron chi connectivity index (χ0n) is 25.2. The maximum Gasteiger partial charge on any atom is 0.245 e. The molecule has 2 heterocycles. The number of hydrazine groups is 1. The van der Waals surface area contributed by atoms with Gasteiger partial charge in [0.15, 0.2) is 0 Å². The van der Waals surface area contributed by atoms with Gasteiger partial charge in [-0.15, -0.1) is 0 Å². The molecule has 0 spiro atoms. The minimum absolute atomic E-state index is 0.0594. The lowest BCUT2D eigenvalue weighted by molar-refractivity contribution is -0.151. The number of benzene rings is 2. The van der Waals surface area contributed by atoms with Crippen molar-refractivity contribution in [3.8, 4) is 0 Å². The van der Waals surface area contributed by atoms with Crippen molar-refractivity contribution >= 4 is 28.6 Å². The van der Waals surface area contributed by atoms with Crippen molar-refractivity contribution < 1.29 is 14.4 Å². The van der Waals surface area contributed by atoms with E-state index in [0.29, 0.717) is 38.6 Å². The second-order valence-corrected chi connectivity index (χ2v) is 12.1. The fourth-order valence-electron chi connectivity index (χ4n) is 5.79. The summed E-state index contributed by atoms with van der Waals surface area (Å²) in [7, 11) is 3.43. The molecule has 9 heteroatoms. The van der Waals surface area contributed by atoms with Gasteiger partial charge in [0.05, 0.1) is 5.41 Å². The number of nitrogens with two attached hydrogens (primary N) is 1. The van der Waals surface area contributed by atoms with E-state index in [-0.39, 0.29) is 24.3 Å². The summed E-state index contributed by atoms with van der Waals surface area (Å²) in [6.45, 7) is 4.57. The number of hydrogen-bond donors (Lipinski definition) is 4. The summed E-state index contributed by atoms with van der Waals surface area (Å²) >= 11 is 0. The fourth-order valence-corrected chi connectivity index (χ4v) is 5.79. The number of amides is 3. The van der Waals surface area contributed by atoms with Crippen LogP contribution < -0.4 is 16.5 Å². The number of carbonyl (C=O) groups excluding carboxylic acids is 3. The first-order chi connectivity index (χ1) is 20.0. The molecule has 2 aromatic carbocycles. The van der Waals surface area contributed by atoms with Crippen molar-refractivity contribution in [2.75, 3.05) is 27.2 Å². The molecule has 0 saturated carbocycles. The SMILES string of the molecule is CNN(C)C(=O)C1(Cc2ccccc2)CCCN(C(=O)[C@@H](Cc2c[nH]c3ccccc23)NC(=O)C=CCC(C)(C)N)C1. The molecular formula is C33H44N6O3. The molecule has 1 aliphatic rings. The van der Waals surface area contributed by atoms with E-state index < -0.39 is 17.0 Å². The number of aromatic amines is 1. The van der Waals surface area contributed by atoms with Crippen LogP contribution in [0.2, 0.25) is 0 Å². The van der Waals surface area contributed by atoms with Gasteiger partial charge in [0, 0.05) is 56.2 Å². The summed E-state index contributed by atoms with van der Waals surface area (Å²) in [6.07, 6.45) is 7.78. The number of H-pyrrole nitrogens is 1. The van der Waals surface area contributed by atoms with Gasteiger partial charge in [0.1, 0.15) is 6.04 Å². The Kier molecular flexibility index (Phi) is 9.85. The Morgan fingerprint density at radius 2 is 1.86 bits per heavy atom. The monoisotopic (exact) mass is 572 g/mol. The van der Waals surface area contributed by atoms with Crippen LogP contribution in [0.1, 0.15) is 44.2 Å². The van der Waals surface area contributed by atoms with E-state index in [2.05, 4.69) is 15.7 Å². The van der Waals surface area contributed by atoms with Gasteiger partial charge in [-0.2, -0.15) is 0 Å². The molecule has 0 bridgehead atoms. The van der Waals surface area contributed by atoms with Crippen molar-refractivity contribution in [2.24, 2.45) is 11.1 Å². The molecule has 0 radical (unpaired) electrons. The smallest absolute Gasteiger partial charge is 0.245 e. The number of hydrogen-bond acceptors (Lipinski definition) is 5. The van der Waals surface area contributed by atoms with Crippen LogP contribution in [-0.2, 0) is 27.2 Å². The van der Waals surface area contributed by atoms with Crippen LogP contribution in [0.25, 0.3) is 10.9 Å². The predicted molar refractivity (Wildman–Crippen MR) is 166 cm³/mol. The van der Waals surface area contributed by atoms with Gasteiger partial charge in [-0.05, 0) is 62.8 Å². The molecule has 1 aliphatic heterocycles. The van der Waals surface area contributed by atoms with E-state index in [0.717, 1.165) is 22.0 Å². The van der Waals surface area contributed by atoms with E-state index in [1.54, 1.807) is 25.1 Å². The number of para-hydroxylation sites is 1. The highest BCUT2D eigenvalue weighted by molar-refractivity contribution is 5.94. The van der Waals surface area contributed by atoms with Gasteiger partial charge in [0.25, 0.3) is 0 Å². The average molecular weight is 573 g/mol. The lowest BCUT2D eigenvalue weighted by Gasteiger charge is -2.44. The van der Waals surface area contributed by atoms with Crippen LogP contribution in [0.4, 0.5) is 0 Å². The first kappa shape index (κ1) is 31.0. The molecule has 224 valence electrons. The molecular weight excluding hydrogens is 528 g/mol. The minimum atomic E-state index is -0.808. The van der Waals surface area contributed by atoms with Gasteiger partial charge in [0.2, 0.25) is 17.7 Å². The molecule has 3 aromatic rings. The number of likely N-dealkylation sites (tertiary alicyclic amines) is 1. The third kappa shape index (κ3) is 7.66. The Bertz CT molecular complexity index is 1410. The van der Waals surface area contributed by atoms with Crippen molar-refractivity contribution in [3.63, 3.8) is 0 Å². The lowest BCUT2D eigenvalue weighted by Crippen LogP contribution is -2.59. The van der Waals surface area contributed by atoms with Crippen LogP contribution in [0.3, 0.4) is 0 Å². The Morgan fingerprint density at radius 1 is 1.14 bits per heavy atom. The van der Waals surface area contributed by atoms with E-state index >= 15 is 0 Å². The second kappa shape index (κ2) is 13.4. The van der Waals surface area contributed by atoms with E-state index in [9.17, 15) is 14.4 Å². The number of carbonyl (C=O) groups is 3. The third-order valence-corrected chi connectivity index (χ3v) is 7.99. The van der Waals surface area contributed by atoms with Crippen LogP contribution in [-0.4, -0.2) is 71.4 Å². The predicted octanol–water partition coefficient (Wildman–Crippen LogP) is 3.32. The fraction of sp³-hybridized carbons (Fsp3) is 0.424. The second-order valence-electron chi connectivity index (χ2n) is 12.1. The van der Waals surface area contributed by atoms with Gasteiger partial charge in [-0.25, -0.2) is 5.43 Å². The summed E-state index contributed by atoms with van der Waals surface area (Å²) in [5.74, 6) is -0.606. The summed E-state index contributed by atoms with van der Waals surface area (Å²) in [5, 5.41) is 5.48. The molecule has 4 rings (SSSR count). The standard InChI is InChI=1S/C33H44N6O3/c1-32(2,34)17-10-16-29(40)37-28(20-25-22-36-27-15-9-8-14-26(25)27)30(41)39-19-11-18-33(23-39,31(42)38(4)35-3)21-24-12-6-5-7-13-24/h5-10,12-16,22,28,35-36H,11,17-21,23,34H2,1-4H3,(H,37,40)/t28-,33?/m1/s1. The van der Waals surface area contributed by atoms with Crippen LogP contribution in [0, 0.1) is 5.41 Å². The van der Waals surface area contributed by atoms with E-state index in [1.807, 2.05) is 74.6 Å². The summed E-state index contributed by atoms with van der Waals surface area (Å²) in [4.78, 5) is 46.1. The molecule has 5 N–H and O–H groups in total. The Morgan fingerprint density at radius 3 is 2.57 bits per heavy atom. The van der Waals surface area contributed by atoms with E-state index in [1.165, 1.54) is 11.1 Å². The molecule has 0 aliphatic carbocycles. The average Bonchev–Trinajstić information content (AvgIpc) is 3.38. The summed E-state index contributed by atoms with van der Waals surface area (Å²) < 4.78 is 0. The van der Waals surface area contributed by atoms with Gasteiger partial charge < -0.3 is 20.9 Å². The zero-order chi connectivity index (χ0) is 30.3. The molecule has 1 saturated heterocycles.